The number of methoxy groups -OCH3 is 1. The average Bonchev–Trinajstić information content (AvgIpc) is 3.14. The van der Waals surface area contributed by atoms with Crippen LogP contribution in [0, 0.1) is 0 Å². The Morgan fingerprint density at radius 1 is 1.30 bits per heavy atom. The van der Waals surface area contributed by atoms with Crippen molar-refractivity contribution in [3.8, 4) is 17.1 Å². The topological polar surface area (TPSA) is 64.4 Å². The van der Waals surface area contributed by atoms with E-state index in [1.807, 2.05) is 55.5 Å². The van der Waals surface area contributed by atoms with E-state index >= 15 is 0 Å². The van der Waals surface area contributed by atoms with Crippen LogP contribution in [0.4, 0.5) is 0 Å². The van der Waals surface area contributed by atoms with E-state index in [-0.39, 0.29) is 11.2 Å². The van der Waals surface area contributed by atoms with Crippen LogP contribution in [0.2, 0.25) is 0 Å². The predicted octanol–water partition coefficient (Wildman–Crippen LogP) is 4.91. The van der Waals surface area contributed by atoms with Crippen molar-refractivity contribution in [1.29, 1.82) is 0 Å². The molecule has 0 bridgehead atoms. The monoisotopic (exact) mass is 446 g/mol. The number of benzene rings is 2. The van der Waals surface area contributed by atoms with Crippen LogP contribution in [-0.2, 0) is 11.3 Å². The summed E-state index contributed by atoms with van der Waals surface area (Å²) in [7, 11) is 1.62. The molecule has 140 valence electrons. The number of nitrogens with zero attached hydrogens (tertiary/aromatic N) is 1. The molecule has 1 N–H and O–H groups in total. The number of hydrogen-bond donors (Lipinski definition) is 1. The average molecular weight is 447 g/mol. The third-order valence-corrected chi connectivity index (χ3v) is 5.29. The van der Waals surface area contributed by atoms with Gasteiger partial charge in [-0.05, 0) is 36.8 Å². The van der Waals surface area contributed by atoms with Crippen LogP contribution in [0.25, 0.3) is 11.3 Å². The third kappa shape index (κ3) is 5.37. The molecule has 1 amide bonds. The Bertz CT molecular complexity index is 929. The number of carbonyl (C=O) groups excluding carboxylic acids is 1. The first kappa shape index (κ1) is 19.5. The highest BCUT2D eigenvalue weighted by atomic mass is 79.9. The second kappa shape index (κ2) is 9.10. The molecule has 0 aliphatic carbocycles. The summed E-state index contributed by atoms with van der Waals surface area (Å²) in [6.45, 7) is 2.27. The third-order valence-electron chi connectivity index (χ3n) is 3.84. The first-order valence-electron chi connectivity index (χ1n) is 8.34. The van der Waals surface area contributed by atoms with Gasteiger partial charge in [0.25, 0.3) is 5.22 Å². The van der Waals surface area contributed by atoms with Gasteiger partial charge in [-0.15, -0.1) is 0 Å². The van der Waals surface area contributed by atoms with Gasteiger partial charge < -0.3 is 14.5 Å². The van der Waals surface area contributed by atoms with Crippen molar-refractivity contribution in [2.75, 3.05) is 7.11 Å². The van der Waals surface area contributed by atoms with E-state index in [9.17, 15) is 4.79 Å². The first-order chi connectivity index (χ1) is 13.0. The molecule has 5 nitrogen and oxygen atoms in total. The number of hydrogen-bond acceptors (Lipinski definition) is 5. The quantitative estimate of drug-likeness (QED) is 0.522. The molecule has 0 saturated heterocycles. The molecule has 3 rings (SSSR count). The fourth-order valence-electron chi connectivity index (χ4n) is 2.41. The summed E-state index contributed by atoms with van der Waals surface area (Å²) in [5, 5.41) is 3.06. The van der Waals surface area contributed by atoms with Crippen molar-refractivity contribution in [3.63, 3.8) is 0 Å². The Balaban J connectivity index is 1.56. The normalized spacial score (nSPS) is 11.8. The van der Waals surface area contributed by atoms with Crippen LogP contribution in [0.15, 0.2) is 68.8 Å². The Morgan fingerprint density at radius 3 is 2.89 bits per heavy atom. The van der Waals surface area contributed by atoms with Crippen molar-refractivity contribution in [1.82, 2.24) is 10.3 Å². The zero-order valence-electron chi connectivity index (χ0n) is 14.9. The van der Waals surface area contributed by atoms with Gasteiger partial charge in [0.15, 0.2) is 5.76 Å². The molecular weight excluding hydrogens is 428 g/mol. The molecule has 0 saturated carbocycles. The van der Waals surface area contributed by atoms with Gasteiger partial charge in [-0.3, -0.25) is 4.79 Å². The summed E-state index contributed by atoms with van der Waals surface area (Å²) in [6, 6.07) is 15.4. The van der Waals surface area contributed by atoms with Gasteiger partial charge in [-0.2, -0.15) is 0 Å². The summed E-state index contributed by atoms with van der Waals surface area (Å²) in [6.07, 6.45) is 1.67. The highest BCUT2D eigenvalue weighted by Gasteiger charge is 2.18. The summed E-state index contributed by atoms with van der Waals surface area (Å²) in [5.74, 6) is 1.36. The minimum absolute atomic E-state index is 0.0787. The van der Waals surface area contributed by atoms with Crippen LogP contribution in [0.1, 0.15) is 12.5 Å². The number of ether oxygens (including phenoxy) is 1. The van der Waals surface area contributed by atoms with Crippen LogP contribution >= 0.6 is 27.7 Å². The summed E-state index contributed by atoms with van der Waals surface area (Å²) < 4.78 is 11.9. The van der Waals surface area contributed by atoms with Crippen LogP contribution in [0.5, 0.6) is 5.75 Å². The number of thioether (sulfide) groups is 1. The number of nitrogens with one attached hydrogen (secondary N) is 1. The summed E-state index contributed by atoms with van der Waals surface area (Å²) >= 11 is 4.73. The molecule has 1 unspecified atom stereocenters. The molecule has 1 atom stereocenters. The van der Waals surface area contributed by atoms with Gasteiger partial charge in [0, 0.05) is 16.6 Å². The van der Waals surface area contributed by atoms with E-state index in [1.165, 1.54) is 11.8 Å². The molecule has 0 spiro atoms. The van der Waals surface area contributed by atoms with E-state index in [2.05, 4.69) is 26.2 Å². The number of halogens is 1. The molecule has 2 aromatic carbocycles. The molecule has 0 radical (unpaired) electrons. The van der Waals surface area contributed by atoms with Gasteiger partial charge in [0.1, 0.15) is 5.75 Å². The van der Waals surface area contributed by atoms with E-state index in [4.69, 9.17) is 9.15 Å². The van der Waals surface area contributed by atoms with Gasteiger partial charge in [0.05, 0.1) is 18.6 Å². The highest BCUT2D eigenvalue weighted by molar-refractivity contribution is 9.10. The van der Waals surface area contributed by atoms with Crippen molar-refractivity contribution in [2.45, 2.75) is 23.9 Å². The molecule has 27 heavy (non-hydrogen) atoms. The Kier molecular flexibility index (Phi) is 6.58. The zero-order valence-corrected chi connectivity index (χ0v) is 17.3. The molecule has 3 aromatic rings. The van der Waals surface area contributed by atoms with E-state index in [1.54, 1.807) is 13.3 Å². The molecule has 0 fully saturated rings. The second-order valence-electron chi connectivity index (χ2n) is 5.83. The predicted molar refractivity (Wildman–Crippen MR) is 110 cm³/mol. The van der Waals surface area contributed by atoms with E-state index in [0.717, 1.165) is 21.3 Å². The van der Waals surface area contributed by atoms with Crippen LogP contribution < -0.4 is 10.1 Å². The van der Waals surface area contributed by atoms with E-state index < -0.39 is 0 Å². The maximum absolute atomic E-state index is 12.4. The Labute approximate surface area is 170 Å². The zero-order chi connectivity index (χ0) is 19.2. The number of oxazole rings is 1. The van der Waals surface area contributed by atoms with Crippen molar-refractivity contribution in [2.24, 2.45) is 0 Å². The summed E-state index contributed by atoms with van der Waals surface area (Å²) in [5.41, 5.74) is 1.91. The standard InChI is InChI=1S/C20H19BrN2O3S/c1-13(19(24)22-11-14-5-3-8-17(9-14)25-2)27-20-23-12-18(26-20)15-6-4-7-16(21)10-15/h3-10,12-13H,11H2,1-2H3,(H,22,24). The fraction of sp³-hybridized carbons (Fsp3) is 0.200. The van der Waals surface area contributed by atoms with Crippen molar-refractivity contribution in [3.05, 3.63) is 64.8 Å². The van der Waals surface area contributed by atoms with Gasteiger partial charge in [-0.1, -0.05) is 52.0 Å². The first-order valence-corrected chi connectivity index (χ1v) is 10.0. The lowest BCUT2D eigenvalue weighted by molar-refractivity contribution is -0.120. The molecule has 1 heterocycles. The molecule has 1 aromatic heterocycles. The number of carbonyl (C=O) groups is 1. The van der Waals surface area contributed by atoms with E-state index in [0.29, 0.717) is 17.5 Å². The van der Waals surface area contributed by atoms with Gasteiger partial charge in [-0.25, -0.2) is 4.98 Å². The van der Waals surface area contributed by atoms with Crippen LogP contribution in [0.3, 0.4) is 0 Å². The molecular formula is C20H19BrN2O3S. The Morgan fingerprint density at radius 2 is 2.11 bits per heavy atom. The van der Waals surface area contributed by atoms with Crippen molar-refractivity contribution >= 4 is 33.6 Å². The van der Waals surface area contributed by atoms with Crippen molar-refractivity contribution < 1.29 is 13.9 Å². The number of aromatic nitrogens is 1. The minimum Gasteiger partial charge on any atom is -0.497 e. The molecule has 0 aliphatic rings. The fourth-order valence-corrected chi connectivity index (χ4v) is 3.55. The second-order valence-corrected chi connectivity index (χ2v) is 8.04. The van der Waals surface area contributed by atoms with Crippen LogP contribution in [-0.4, -0.2) is 23.3 Å². The summed E-state index contributed by atoms with van der Waals surface area (Å²) in [4.78, 5) is 16.6. The Hall–Kier alpha value is -2.25. The smallest absolute Gasteiger partial charge is 0.256 e. The molecule has 7 heteroatoms. The van der Waals surface area contributed by atoms with Gasteiger partial charge in [0.2, 0.25) is 5.91 Å². The highest BCUT2D eigenvalue weighted by Crippen LogP contribution is 2.29. The lowest BCUT2D eigenvalue weighted by Gasteiger charge is -2.10. The largest absolute Gasteiger partial charge is 0.497 e. The SMILES string of the molecule is COc1cccc(CNC(=O)C(C)Sc2ncc(-c3cccc(Br)c3)o2)c1. The lowest BCUT2D eigenvalue weighted by Crippen LogP contribution is -2.30. The molecule has 0 aliphatic heterocycles. The lowest BCUT2D eigenvalue weighted by atomic mass is 10.2. The number of amides is 1. The number of rotatable bonds is 7. The maximum Gasteiger partial charge on any atom is 0.256 e. The maximum atomic E-state index is 12.4. The minimum atomic E-state index is -0.329. The van der Waals surface area contributed by atoms with Gasteiger partial charge >= 0.3 is 0 Å².